The largest absolute Gasteiger partial charge is 0.339 e. The molecule has 0 radical (unpaired) electrons. The van der Waals surface area contributed by atoms with Crippen LogP contribution >= 0.6 is 11.6 Å². The zero-order valence-corrected chi connectivity index (χ0v) is 17.2. The van der Waals surface area contributed by atoms with Gasteiger partial charge >= 0.3 is 0 Å². The van der Waals surface area contributed by atoms with Crippen LogP contribution in [0, 0.1) is 5.92 Å². The van der Waals surface area contributed by atoms with E-state index < -0.39 is 0 Å². The molecule has 0 spiro atoms. The fraction of sp³-hybridized carbons (Fsp3) is 0.348. The highest BCUT2D eigenvalue weighted by atomic mass is 35.5. The summed E-state index contributed by atoms with van der Waals surface area (Å²) in [7, 11) is 0. The molecular formula is C23H24ClN3O2. The second-order valence-corrected chi connectivity index (χ2v) is 7.95. The van der Waals surface area contributed by atoms with Gasteiger partial charge in [-0.3, -0.25) is 4.79 Å². The summed E-state index contributed by atoms with van der Waals surface area (Å²) < 4.78 is 5.43. The van der Waals surface area contributed by atoms with Gasteiger partial charge < -0.3 is 9.42 Å². The summed E-state index contributed by atoms with van der Waals surface area (Å²) >= 11 is 6.05. The minimum absolute atomic E-state index is 0.000350. The Balaban J connectivity index is 1.49. The molecule has 2 aromatic carbocycles. The summed E-state index contributed by atoms with van der Waals surface area (Å²) in [6.45, 7) is 2.62. The highest BCUT2D eigenvalue weighted by Gasteiger charge is 2.32. The monoisotopic (exact) mass is 409 g/mol. The Morgan fingerprint density at radius 1 is 1.21 bits per heavy atom. The first-order valence-electron chi connectivity index (χ1n) is 10.1. The fourth-order valence-corrected chi connectivity index (χ4v) is 3.80. The molecule has 150 valence electrons. The minimum Gasteiger partial charge on any atom is -0.339 e. The van der Waals surface area contributed by atoms with Crippen LogP contribution in [0.2, 0.25) is 5.02 Å². The van der Waals surface area contributed by atoms with Gasteiger partial charge in [0.05, 0.1) is 6.04 Å². The number of halogens is 1. The van der Waals surface area contributed by atoms with Crippen LogP contribution < -0.4 is 0 Å². The smallest absolute Gasteiger partial charge is 0.228 e. The highest BCUT2D eigenvalue weighted by Crippen LogP contribution is 2.32. The lowest BCUT2D eigenvalue weighted by Crippen LogP contribution is -2.41. The van der Waals surface area contributed by atoms with Gasteiger partial charge in [-0.15, -0.1) is 0 Å². The fourth-order valence-electron chi connectivity index (χ4n) is 3.61. The number of rotatable bonds is 7. The van der Waals surface area contributed by atoms with E-state index in [2.05, 4.69) is 29.2 Å². The van der Waals surface area contributed by atoms with E-state index in [9.17, 15) is 4.79 Å². The van der Waals surface area contributed by atoms with Crippen molar-refractivity contribution in [2.24, 2.45) is 5.92 Å². The van der Waals surface area contributed by atoms with Gasteiger partial charge in [-0.2, -0.15) is 4.98 Å². The van der Waals surface area contributed by atoms with Gasteiger partial charge in [0.2, 0.25) is 17.6 Å². The van der Waals surface area contributed by atoms with Crippen molar-refractivity contribution in [1.29, 1.82) is 0 Å². The number of carbonyl (C=O) groups excluding carboxylic acids is 1. The van der Waals surface area contributed by atoms with Crippen LogP contribution in [-0.2, 0) is 11.2 Å². The van der Waals surface area contributed by atoms with E-state index in [1.807, 2.05) is 35.2 Å². The molecule has 4 rings (SSSR count). The zero-order chi connectivity index (χ0) is 20.2. The Bertz CT molecular complexity index is 969. The molecule has 1 fully saturated rings. The predicted octanol–water partition coefficient (Wildman–Crippen LogP) is 5.32. The first-order chi connectivity index (χ1) is 14.1. The van der Waals surface area contributed by atoms with E-state index in [0.717, 1.165) is 30.4 Å². The van der Waals surface area contributed by atoms with Crippen molar-refractivity contribution in [3.8, 4) is 11.4 Å². The molecule has 0 saturated heterocycles. The molecular weight excluding hydrogens is 386 g/mol. The third-order valence-electron chi connectivity index (χ3n) is 5.60. The lowest BCUT2D eigenvalue weighted by molar-refractivity contribution is -0.140. The minimum atomic E-state index is -0.000350. The molecule has 1 aromatic heterocycles. The predicted molar refractivity (Wildman–Crippen MR) is 112 cm³/mol. The Hall–Kier alpha value is -2.66. The second-order valence-electron chi connectivity index (χ2n) is 7.52. The van der Waals surface area contributed by atoms with Crippen LogP contribution in [0.5, 0.6) is 0 Å². The summed E-state index contributed by atoms with van der Waals surface area (Å²) in [6, 6.07) is 17.5. The summed E-state index contributed by atoms with van der Waals surface area (Å²) in [5, 5.41) is 4.70. The van der Waals surface area contributed by atoms with Crippen molar-refractivity contribution in [3.05, 3.63) is 71.1 Å². The Morgan fingerprint density at radius 2 is 2.00 bits per heavy atom. The molecule has 3 aromatic rings. The standard InChI is InChI=1S/C23H24ClN3O2/c1-16(17-7-3-2-4-8-17)27(23(28)18-9-5-10-18)14-13-21-25-22(26-29-21)19-11-6-12-20(24)15-19/h2-4,6-8,11-12,15-16,18H,5,9-10,13-14H2,1H3/t16-/m1/s1. The van der Waals surface area contributed by atoms with Crippen molar-refractivity contribution in [1.82, 2.24) is 15.0 Å². The quantitative estimate of drug-likeness (QED) is 0.529. The Kier molecular flexibility index (Phi) is 5.95. The molecule has 0 unspecified atom stereocenters. The molecule has 1 atom stereocenters. The number of aromatic nitrogens is 2. The van der Waals surface area contributed by atoms with E-state index >= 15 is 0 Å². The average molecular weight is 410 g/mol. The van der Waals surface area contributed by atoms with E-state index in [1.54, 1.807) is 12.1 Å². The number of carbonyl (C=O) groups is 1. The molecule has 1 aliphatic rings. The number of hydrogen-bond acceptors (Lipinski definition) is 4. The third kappa shape index (κ3) is 4.51. The van der Waals surface area contributed by atoms with Crippen molar-refractivity contribution < 1.29 is 9.32 Å². The van der Waals surface area contributed by atoms with Crippen molar-refractivity contribution in [2.75, 3.05) is 6.54 Å². The third-order valence-corrected chi connectivity index (χ3v) is 5.84. The molecule has 29 heavy (non-hydrogen) atoms. The topological polar surface area (TPSA) is 59.2 Å². The summed E-state index contributed by atoms with van der Waals surface area (Å²) in [5.74, 6) is 1.40. The number of amides is 1. The molecule has 0 aliphatic heterocycles. The van der Waals surface area contributed by atoms with E-state index in [1.165, 1.54) is 0 Å². The molecule has 0 bridgehead atoms. The lowest BCUT2D eigenvalue weighted by Gasteiger charge is -2.35. The maximum Gasteiger partial charge on any atom is 0.228 e. The van der Waals surface area contributed by atoms with Gasteiger partial charge in [-0.05, 0) is 37.5 Å². The average Bonchev–Trinajstić information content (AvgIpc) is 3.16. The summed E-state index contributed by atoms with van der Waals surface area (Å²) in [6.07, 6.45) is 3.62. The van der Waals surface area contributed by atoms with Gasteiger partial charge in [0, 0.05) is 29.5 Å². The highest BCUT2D eigenvalue weighted by molar-refractivity contribution is 6.30. The molecule has 0 N–H and O–H groups in total. The summed E-state index contributed by atoms with van der Waals surface area (Å²) in [5.41, 5.74) is 1.94. The lowest BCUT2D eigenvalue weighted by atomic mass is 9.84. The second kappa shape index (κ2) is 8.78. The first kappa shape index (κ1) is 19.6. The zero-order valence-electron chi connectivity index (χ0n) is 16.4. The first-order valence-corrected chi connectivity index (χ1v) is 10.4. The number of benzene rings is 2. The van der Waals surface area contributed by atoms with Gasteiger partial charge in [-0.25, -0.2) is 0 Å². The maximum absolute atomic E-state index is 13.1. The molecule has 6 heteroatoms. The number of hydrogen-bond donors (Lipinski definition) is 0. The van der Waals surface area contributed by atoms with Crippen LogP contribution in [0.4, 0.5) is 0 Å². The van der Waals surface area contributed by atoms with Crippen LogP contribution in [0.3, 0.4) is 0 Å². The van der Waals surface area contributed by atoms with Crippen LogP contribution in [0.1, 0.15) is 43.7 Å². The van der Waals surface area contributed by atoms with Crippen LogP contribution in [-0.4, -0.2) is 27.5 Å². The van der Waals surface area contributed by atoms with Crippen molar-refractivity contribution >= 4 is 17.5 Å². The van der Waals surface area contributed by atoms with E-state index in [0.29, 0.717) is 29.7 Å². The van der Waals surface area contributed by atoms with Gasteiger partial charge in [-0.1, -0.05) is 65.6 Å². The van der Waals surface area contributed by atoms with Gasteiger partial charge in [0.15, 0.2) is 0 Å². The Morgan fingerprint density at radius 3 is 2.69 bits per heavy atom. The molecule has 1 aliphatic carbocycles. The Labute approximate surface area is 175 Å². The SMILES string of the molecule is C[C@H](c1ccccc1)N(CCc1nc(-c2cccc(Cl)c2)no1)C(=O)C1CCC1. The van der Waals surface area contributed by atoms with Crippen LogP contribution in [0.25, 0.3) is 11.4 Å². The normalized spacial score (nSPS) is 15.0. The summed E-state index contributed by atoms with van der Waals surface area (Å²) in [4.78, 5) is 19.5. The molecule has 5 nitrogen and oxygen atoms in total. The van der Waals surface area contributed by atoms with E-state index in [-0.39, 0.29) is 17.9 Å². The van der Waals surface area contributed by atoms with Gasteiger partial charge in [0.1, 0.15) is 0 Å². The van der Waals surface area contributed by atoms with Gasteiger partial charge in [0.25, 0.3) is 0 Å². The number of nitrogens with zero attached hydrogens (tertiary/aromatic N) is 3. The maximum atomic E-state index is 13.1. The van der Waals surface area contributed by atoms with E-state index in [4.69, 9.17) is 16.1 Å². The van der Waals surface area contributed by atoms with Crippen molar-refractivity contribution in [3.63, 3.8) is 0 Å². The molecule has 1 amide bonds. The molecule has 1 heterocycles. The molecule has 1 saturated carbocycles. The van der Waals surface area contributed by atoms with Crippen LogP contribution in [0.15, 0.2) is 59.1 Å². The van der Waals surface area contributed by atoms with Crippen molar-refractivity contribution in [2.45, 2.75) is 38.6 Å².